The van der Waals surface area contributed by atoms with Crippen LogP contribution in [0.1, 0.15) is 41.9 Å². The minimum Gasteiger partial charge on any atom is -0.339 e. The van der Waals surface area contributed by atoms with E-state index < -0.39 is 0 Å². The quantitative estimate of drug-likeness (QED) is 0.816. The SMILES string of the molecule is Cc1ccc(CN2CCC3(CC2)C[C@H](c2ccccc2)C(=O)N3C)cc1F. The second-order valence-corrected chi connectivity index (χ2v) is 8.15. The fourth-order valence-electron chi connectivity index (χ4n) is 4.68. The maximum atomic E-state index is 13.8. The molecule has 0 N–H and O–H groups in total. The molecule has 4 heteroatoms. The average Bonchev–Trinajstić information content (AvgIpc) is 2.93. The van der Waals surface area contributed by atoms with E-state index in [2.05, 4.69) is 17.0 Å². The molecule has 2 aliphatic rings. The first-order chi connectivity index (χ1) is 13.0. The lowest BCUT2D eigenvalue weighted by Gasteiger charge is -2.43. The van der Waals surface area contributed by atoms with E-state index >= 15 is 0 Å². The van der Waals surface area contributed by atoms with Crippen LogP contribution in [0.25, 0.3) is 0 Å². The van der Waals surface area contributed by atoms with Crippen LogP contribution in [-0.4, -0.2) is 41.4 Å². The number of likely N-dealkylation sites (tertiary alicyclic amines) is 2. The van der Waals surface area contributed by atoms with Gasteiger partial charge >= 0.3 is 0 Å². The number of benzene rings is 2. The number of rotatable bonds is 3. The van der Waals surface area contributed by atoms with E-state index in [1.807, 2.05) is 42.3 Å². The fourth-order valence-corrected chi connectivity index (χ4v) is 4.68. The number of carbonyl (C=O) groups is 1. The molecule has 27 heavy (non-hydrogen) atoms. The highest BCUT2D eigenvalue weighted by Crippen LogP contribution is 2.44. The Morgan fingerprint density at radius 3 is 2.48 bits per heavy atom. The minimum absolute atomic E-state index is 0.0195. The third-order valence-corrected chi connectivity index (χ3v) is 6.56. The van der Waals surface area contributed by atoms with Crippen molar-refractivity contribution in [1.29, 1.82) is 0 Å². The van der Waals surface area contributed by atoms with Crippen molar-refractivity contribution in [3.05, 3.63) is 71.0 Å². The van der Waals surface area contributed by atoms with Crippen molar-refractivity contribution >= 4 is 5.91 Å². The van der Waals surface area contributed by atoms with E-state index in [4.69, 9.17) is 0 Å². The van der Waals surface area contributed by atoms with Crippen LogP contribution in [0.15, 0.2) is 48.5 Å². The summed E-state index contributed by atoms with van der Waals surface area (Å²) in [6, 6.07) is 15.7. The molecule has 0 bridgehead atoms. The van der Waals surface area contributed by atoms with Crippen molar-refractivity contribution in [2.45, 2.75) is 44.2 Å². The van der Waals surface area contributed by atoms with Crippen LogP contribution in [0.5, 0.6) is 0 Å². The van der Waals surface area contributed by atoms with Crippen LogP contribution in [0.3, 0.4) is 0 Å². The molecule has 0 radical (unpaired) electrons. The van der Waals surface area contributed by atoms with Crippen molar-refractivity contribution in [1.82, 2.24) is 9.80 Å². The van der Waals surface area contributed by atoms with Crippen LogP contribution >= 0.6 is 0 Å². The minimum atomic E-state index is -0.132. The van der Waals surface area contributed by atoms with Crippen molar-refractivity contribution in [2.75, 3.05) is 20.1 Å². The van der Waals surface area contributed by atoms with Gasteiger partial charge in [-0.15, -0.1) is 0 Å². The summed E-state index contributed by atoms with van der Waals surface area (Å²) in [6.45, 7) is 4.44. The third kappa shape index (κ3) is 3.39. The van der Waals surface area contributed by atoms with Gasteiger partial charge in [0.1, 0.15) is 5.82 Å². The highest BCUT2D eigenvalue weighted by atomic mass is 19.1. The summed E-state index contributed by atoms with van der Waals surface area (Å²) in [4.78, 5) is 17.3. The fraction of sp³-hybridized carbons (Fsp3) is 0.435. The van der Waals surface area contributed by atoms with Crippen LogP contribution in [0, 0.1) is 12.7 Å². The Hall–Kier alpha value is -2.20. The Bertz CT molecular complexity index is 828. The van der Waals surface area contributed by atoms with Gasteiger partial charge in [-0.3, -0.25) is 9.69 Å². The lowest BCUT2D eigenvalue weighted by atomic mass is 9.81. The second kappa shape index (κ2) is 7.08. The monoisotopic (exact) mass is 366 g/mol. The van der Waals surface area contributed by atoms with Crippen LogP contribution < -0.4 is 0 Å². The van der Waals surface area contributed by atoms with Gasteiger partial charge in [0.2, 0.25) is 5.91 Å². The number of piperidine rings is 1. The number of hydrogen-bond acceptors (Lipinski definition) is 2. The van der Waals surface area contributed by atoms with Gasteiger partial charge in [-0.25, -0.2) is 4.39 Å². The molecule has 2 aromatic rings. The second-order valence-electron chi connectivity index (χ2n) is 8.15. The molecule has 2 aromatic carbocycles. The molecule has 2 heterocycles. The van der Waals surface area contributed by atoms with E-state index in [-0.39, 0.29) is 23.2 Å². The van der Waals surface area contributed by atoms with Gasteiger partial charge in [-0.05, 0) is 48.9 Å². The standard InChI is InChI=1S/C23H27FN2O/c1-17-8-9-18(14-21(17)24)16-26-12-10-23(11-13-26)15-20(22(27)25(23)2)19-6-4-3-5-7-19/h3-9,14,20H,10-13,15-16H2,1-2H3/t20-/m1/s1. The Labute approximate surface area is 160 Å². The van der Waals surface area contributed by atoms with Gasteiger partial charge in [-0.1, -0.05) is 42.5 Å². The van der Waals surface area contributed by atoms with Crippen LogP contribution in [-0.2, 0) is 11.3 Å². The van der Waals surface area contributed by atoms with Crippen molar-refractivity contribution < 1.29 is 9.18 Å². The first-order valence-corrected chi connectivity index (χ1v) is 9.78. The Morgan fingerprint density at radius 1 is 1.11 bits per heavy atom. The maximum Gasteiger partial charge on any atom is 0.230 e. The van der Waals surface area contributed by atoms with E-state index in [1.54, 1.807) is 13.0 Å². The largest absolute Gasteiger partial charge is 0.339 e. The third-order valence-electron chi connectivity index (χ3n) is 6.56. The lowest BCUT2D eigenvalue weighted by molar-refractivity contribution is -0.131. The first-order valence-electron chi connectivity index (χ1n) is 9.78. The molecule has 1 atom stereocenters. The van der Waals surface area contributed by atoms with Gasteiger partial charge < -0.3 is 4.90 Å². The number of carbonyl (C=O) groups excluding carboxylic acids is 1. The van der Waals surface area contributed by atoms with Gasteiger partial charge in [0, 0.05) is 32.2 Å². The number of likely N-dealkylation sites (N-methyl/N-ethyl adjacent to an activating group) is 1. The molecule has 1 amide bonds. The van der Waals surface area contributed by atoms with E-state index in [0.717, 1.165) is 50.0 Å². The molecule has 2 saturated heterocycles. The Kier molecular flexibility index (Phi) is 4.77. The molecule has 2 aliphatic heterocycles. The molecule has 3 nitrogen and oxygen atoms in total. The first kappa shape index (κ1) is 18.2. The molecule has 1 spiro atoms. The van der Waals surface area contributed by atoms with Crippen molar-refractivity contribution in [3.8, 4) is 0 Å². The van der Waals surface area contributed by atoms with Crippen molar-refractivity contribution in [2.24, 2.45) is 0 Å². The Balaban J connectivity index is 1.43. The maximum absolute atomic E-state index is 13.8. The van der Waals surface area contributed by atoms with E-state index in [0.29, 0.717) is 5.56 Å². The molecule has 0 aliphatic carbocycles. The summed E-state index contributed by atoms with van der Waals surface area (Å²) in [7, 11) is 1.97. The predicted molar refractivity (Wildman–Crippen MR) is 105 cm³/mol. The summed E-state index contributed by atoms with van der Waals surface area (Å²) in [5, 5.41) is 0. The normalized spacial score (nSPS) is 22.6. The Morgan fingerprint density at radius 2 is 1.81 bits per heavy atom. The van der Waals surface area contributed by atoms with E-state index in [1.165, 1.54) is 0 Å². The number of halogens is 1. The predicted octanol–water partition coefficient (Wildman–Crippen LogP) is 4.11. The zero-order valence-corrected chi connectivity index (χ0v) is 16.1. The summed E-state index contributed by atoms with van der Waals surface area (Å²) in [5.74, 6) is 0.0944. The summed E-state index contributed by atoms with van der Waals surface area (Å²) in [6.07, 6.45) is 2.86. The average molecular weight is 366 g/mol. The molecular formula is C23H27FN2O. The summed E-state index contributed by atoms with van der Waals surface area (Å²) in [5.41, 5.74) is 2.80. The van der Waals surface area contributed by atoms with Gasteiger partial charge in [0.25, 0.3) is 0 Å². The summed E-state index contributed by atoms with van der Waals surface area (Å²) < 4.78 is 13.8. The highest BCUT2D eigenvalue weighted by Gasteiger charge is 2.50. The molecular weight excluding hydrogens is 339 g/mol. The smallest absolute Gasteiger partial charge is 0.230 e. The van der Waals surface area contributed by atoms with Gasteiger partial charge in [-0.2, -0.15) is 0 Å². The molecule has 0 unspecified atom stereocenters. The topological polar surface area (TPSA) is 23.6 Å². The van der Waals surface area contributed by atoms with Gasteiger partial charge in [0.05, 0.1) is 5.92 Å². The number of nitrogens with zero attached hydrogens (tertiary/aromatic N) is 2. The molecule has 2 fully saturated rings. The number of aryl methyl sites for hydroxylation is 1. The molecule has 0 aromatic heterocycles. The number of hydrogen-bond donors (Lipinski definition) is 0. The van der Waals surface area contributed by atoms with Crippen molar-refractivity contribution in [3.63, 3.8) is 0 Å². The van der Waals surface area contributed by atoms with Crippen LogP contribution in [0.4, 0.5) is 4.39 Å². The zero-order valence-electron chi connectivity index (χ0n) is 16.1. The van der Waals surface area contributed by atoms with E-state index in [9.17, 15) is 9.18 Å². The van der Waals surface area contributed by atoms with Gasteiger partial charge in [0.15, 0.2) is 0 Å². The number of amides is 1. The zero-order chi connectivity index (χ0) is 19.0. The lowest BCUT2D eigenvalue weighted by Crippen LogP contribution is -2.51. The highest BCUT2D eigenvalue weighted by molar-refractivity contribution is 5.87. The molecule has 4 rings (SSSR count). The molecule has 0 saturated carbocycles. The summed E-state index contributed by atoms with van der Waals surface area (Å²) >= 11 is 0. The van der Waals surface area contributed by atoms with Crippen LogP contribution in [0.2, 0.25) is 0 Å². The molecule has 142 valence electrons.